The number of aromatic nitrogens is 3. The first-order chi connectivity index (χ1) is 13.7. The van der Waals surface area contributed by atoms with Gasteiger partial charge in [-0.05, 0) is 49.1 Å². The Kier molecular flexibility index (Phi) is 4.90. The third-order valence-electron chi connectivity index (χ3n) is 5.32. The van der Waals surface area contributed by atoms with Crippen molar-refractivity contribution < 1.29 is 13.2 Å². The number of piperidine rings is 1. The van der Waals surface area contributed by atoms with Gasteiger partial charge in [-0.2, -0.15) is 13.2 Å². The van der Waals surface area contributed by atoms with Crippen molar-refractivity contribution in [3.8, 4) is 0 Å². The van der Waals surface area contributed by atoms with Gasteiger partial charge in [0.25, 0.3) is 0 Å². The van der Waals surface area contributed by atoms with E-state index in [-0.39, 0.29) is 11.5 Å². The van der Waals surface area contributed by atoms with Gasteiger partial charge in [0.2, 0.25) is 0 Å². The minimum absolute atomic E-state index is 0.00606. The van der Waals surface area contributed by atoms with Crippen LogP contribution in [0.25, 0.3) is 10.9 Å². The fraction of sp³-hybridized carbons (Fsp3) is 0.381. The molecule has 2 aromatic heterocycles. The van der Waals surface area contributed by atoms with Gasteiger partial charge in [0, 0.05) is 5.39 Å². The summed E-state index contributed by atoms with van der Waals surface area (Å²) in [5, 5.41) is 7.44. The maximum atomic E-state index is 12.8. The fourth-order valence-corrected chi connectivity index (χ4v) is 3.74. The van der Waals surface area contributed by atoms with Gasteiger partial charge in [-0.15, -0.1) is 0 Å². The van der Waals surface area contributed by atoms with Gasteiger partial charge >= 0.3 is 6.18 Å². The van der Waals surface area contributed by atoms with E-state index in [2.05, 4.69) is 29.5 Å². The second-order valence-corrected chi connectivity index (χ2v) is 7.98. The smallest absolute Gasteiger partial charge is 0.338 e. The number of rotatable bonds is 3. The summed E-state index contributed by atoms with van der Waals surface area (Å²) in [7, 11) is 0. The Morgan fingerprint density at radius 2 is 1.90 bits per heavy atom. The van der Waals surface area contributed by atoms with E-state index in [4.69, 9.17) is 9.97 Å². The van der Waals surface area contributed by atoms with Crippen molar-refractivity contribution in [1.29, 1.82) is 0 Å². The predicted molar refractivity (Wildman–Crippen MR) is 106 cm³/mol. The summed E-state index contributed by atoms with van der Waals surface area (Å²) in [6.07, 6.45) is -1.14. The Bertz CT molecular complexity index is 1010. The van der Waals surface area contributed by atoms with Crippen LogP contribution in [0.3, 0.4) is 0 Å². The van der Waals surface area contributed by atoms with Crippen LogP contribution in [0.1, 0.15) is 44.2 Å². The lowest BCUT2D eigenvalue weighted by molar-refractivity contribution is -0.141. The Balaban J connectivity index is 1.73. The van der Waals surface area contributed by atoms with Crippen LogP contribution in [0.4, 0.5) is 24.7 Å². The average molecular weight is 401 g/mol. The molecular formula is C21H22F3N5. The number of anilines is 2. The molecule has 3 heterocycles. The molecule has 4 rings (SSSR count). The normalized spacial score (nSPS) is 19.3. The number of para-hydroxylation sites is 1. The largest absolute Gasteiger partial charge is 0.433 e. The maximum absolute atomic E-state index is 12.8. The summed E-state index contributed by atoms with van der Waals surface area (Å²) in [5.74, 6) is 1.23. The summed E-state index contributed by atoms with van der Waals surface area (Å²) in [6.45, 7) is 5.28. The van der Waals surface area contributed by atoms with Crippen molar-refractivity contribution in [3.05, 3.63) is 54.1 Å². The monoisotopic (exact) mass is 401 g/mol. The highest BCUT2D eigenvalue weighted by Gasteiger charge is 2.35. The fourth-order valence-electron chi connectivity index (χ4n) is 3.74. The minimum Gasteiger partial charge on any atom is -0.338 e. The number of hydrogen-bond acceptors (Lipinski definition) is 5. The van der Waals surface area contributed by atoms with Gasteiger partial charge in [0.1, 0.15) is 17.3 Å². The highest BCUT2D eigenvalue weighted by Crippen LogP contribution is 2.40. The number of alkyl halides is 3. The summed E-state index contributed by atoms with van der Waals surface area (Å²) in [6, 6.07) is 9.89. The number of fused-ring (bicyclic) bond motifs is 1. The first-order valence-corrected chi connectivity index (χ1v) is 9.54. The van der Waals surface area contributed by atoms with Crippen LogP contribution >= 0.6 is 0 Å². The van der Waals surface area contributed by atoms with Crippen molar-refractivity contribution in [3.63, 3.8) is 0 Å². The third-order valence-corrected chi connectivity index (χ3v) is 5.32. The number of benzene rings is 1. The zero-order valence-electron chi connectivity index (χ0n) is 16.2. The quantitative estimate of drug-likeness (QED) is 0.629. The highest BCUT2D eigenvalue weighted by molar-refractivity contribution is 5.90. The van der Waals surface area contributed by atoms with E-state index in [1.54, 1.807) is 0 Å². The molecule has 2 N–H and O–H groups in total. The first-order valence-electron chi connectivity index (χ1n) is 9.54. The maximum Gasteiger partial charge on any atom is 0.433 e. The van der Waals surface area contributed by atoms with Gasteiger partial charge < -0.3 is 10.6 Å². The molecule has 1 fully saturated rings. The Morgan fingerprint density at radius 3 is 2.59 bits per heavy atom. The van der Waals surface area contributed by atoms with Crippen molar-refractivity contribution >= 4 is 22.4 Å². The molecule has 3 aromatic rings. The van der Waals surface area contributed by atoms with Crippen LogP contribution in [-0.2, 0) is 6.18 Å². The standard InChI is InChI=1S/C21H22F3N5/c1-20(2)10-5-11-25-17(20)19-28-15-7-4-3-6-14(15)18(29-19)27-13-8-9-16(26-12-13)21(22,23)24/h3-4,6-9,12,17,25H,5,10-11H2,1-2H3,(H,27,28,29). The average Bonchev–Trinajstić information content (AvgIpc) is 2.67. The minimum atomic E-state index is -4.47. The zero-order valence-corrected chi connectivity index (χ0v) is 16.2. The molecule has 1 saturated heterocycles. The molecule has 1 atom stereocenters. The number of pyridine rings is 1. The van der Waals surface area contributed by atoms with E-state index in [1.807, 2.05) is 24.3 Å². The topological polar surface area (TPSA) is 62.7 Å². The Labute approximate surface area is 166 Å². The van der Waals surface area contributed by atoms with E-state index in [0.717, 1.165) is 36.4 Å². The molecule has 1 aromatic carbocycles. The second-order valence-electron chi connectivity index (χ2n) is 7.98. The van der Waals surface area contributed by atoms with E-state index < -0.39 is 11.9 Å². The molecule has 152 valence electrons. The van der Waals surface area contributed by atoms with Crippen LogP contribution in [0, 0.1) is 5.41 Å². The second kappa shape index (κ2) is 7.26. The molecule has 0 radical (unpaired) electrons. The third kappa shape index (κ3) is 4.03. The molecule has 0 amide bonds. The van der Waals surface area contributed by atoms with Crippen molar-refractivity contribution in [2.45, 2.75) is 38.9 Å². The summed E-state index contributed by atoms with van der Waals surface area (Å²) in [5.41, 5.74) is 0.282. The molecule has 0 bridgehead atoms. The molecule has 0 aliphatic carbocycles. The van der Waals surface area contributed by atoms with Crippen LogP contribution in [-0.4, -0.2) is 21.5 Å². The van der Waals surface area contributed by atoms with E-state index in [9.17, 15) is 13.2 Å². The van der Waals surface area contributed by atoms with Crippen LogP contribution in [0.15, 0.2) is 42.6 Å². The number of hydrogen-bond donors (Lipinski definition) is 2. The van der Waals surface area contributed by atoms with Gasteiger partial charge in [-0.25, -0.2) is 15.0 Å². The van der Waals surface area contributed by atoms with E-state index >= 15 is 0 Å². The molecule has 1 aliphatic heterocycles. The van der Waals surface area contributed by atoms with Gasteiger partial charge in [0.15, 0.2) is 0 Å². The molecule has 8 heteroatoms. The number of halogens is 3. The van der Waals surface area contributed by atoms with Crippen molar-refractivity contribution in [2.75, 3.05) is 11.9 Å². The predicted octanol–water partition coefficient (Wildman–Crippen LogP) is 5.24. The highest BCUT2D eigenvalue weighted by atomic mass is 19.4. The lowest BCUT2D eigenvalue weighted by Crippen LogP contribution is -2.40. The van der Waals surface area contributed by atoms with Crippen molar-refractivity contribution in [1.82, 2.24) is 20.3 Å². The molecule has 1 aliphatic rings. The molecule has 1 unspecified atom stereocenters. The van der Waals surface area contributed by atoms with Crippen LogP contribution in [0.5, 0.6) is 0 Å². The molecule has 5 nitrogen and oxygen atoms in total. The Hall–Kier alpha value is -2.74. The van der Waals surface area contributed by atoms with Crippen LogP contribution in [0.2, 0.25) is 0 Å². The molecule has 0 saturated carbocycles. The van der Waals surface area contributed by atoms with Crippen LogP contribution < -0.4 is 10.6 Å². The summed E-state index contributed by atoms with van der Waals surface area (Å²) in [4.78, 5) is 13.0. The van der Waals surface area contributed by atoms with Gasteiger partial charge in [-0.1, -0.05) is 26.0 Å². The SMILES string of the molecule is CC1(C)CCCNC1c1nc(Nc2ccc(C(F)(F)F)nc2)c2ccccc2n1. The summed E-state index contributed by atoms with van der Waals surface area (Å²) < 4.78 is 38.3. The number of nitrogens with one attached hydrogen (secondary N) is 2. The molecular weight excluding hydrogens is 379 g/mol. The lowest BCUT2D eigenvalue weighted by Gasteiger charge is -2.38. The molecule has 0 spiro atoms. The molecule has 29 heavy (non-hydrogen) atoms. The van der Waals surface area contributed by atoms with Gasteiger partial charge in [0.05, 0.1) is 23.4 Å². The Morgan fingerprint density at radius 1 is 1.10 bits per heavy atom. The lowest BCUT2D eigenvalue weighted by atomic mass is 9.77. The zero-order chi connectivity index (χ0) is 20.6. The van der Waals surface area contributed by atoms with E-state index in [0.29, 0.717) is 17.3 Å². The van der Waals surface area contributed by atoms with E-state index in [1.165, 1.54) is 12.3 Å². The number of nitrogens with zero attached hydrogens (tertiary/aromatic N) is 3. The summed E-state index contributed by atoms with van der Waals surface area (Å²) >= 11 is 0. The first kappa shape index (κ1) is 19.6. The van der Waals surface area contributed by atoms with Gasteiger partial charge in [-0.3, -0.25) is 0 Å². The van der Waals surface area contributed by atoms with Crippen molar-refractivity contribution in [2.24, 2.45) is 5.41 Å².